The highest BCUT2D eigenvalue weighted by Crippen LogP contribution is 2.42. The van der Waals surface area contributed by atoms with Gasteiger partial charge in [0.05, 0.1) is 5.52 Å². The molecule has 36 heavy (non-hydrogen) atoms. The van der Waals surface area contributed by atoms with Crippen molar-refractivity contribution in [2.75, 3.05) is 18.9 Å². The Morgan fingerprint density at radius 1 is 1.14 bits per heavy atom. The summed E-state index contributed by atoms with van der Waals surface area (Å²) < 4.78 is 22.2. The molecule has 2 aliphatic rings. The van der Waals surface area contributed by atoms with Crippen molar-refractivity contribution in [3.63, 3.8) is 0 Å². The van der Waals surface area contributed by atoms with Crippen molar-refractivity contribution >= 4 is 29.3 Å². The van der Waals surface area contributed by atoms with E-state index in [-0.39, 0.29) is 12.3 Å². The summed E-state index contributed by atoms with van der Waals surface area (Å²) in [6, 6.07) is 9.52. The van der Waals surface area contributed by atoms with E-state index in [9.17, 15) is 4.39 Å². The third kappa shape index (κ3) is 5.31. The third-order valence-electron chi connectivity index (χ3n) is 7.70. The predicted molar refractivity (Wildman–Crippen MR) is 142 cm³/mol. The standard InChI is InChI=1S/C28H34FN3O.CH2O2/c1-18-13-22(7-8-25(18)29)32-27-15-21(17-30)26(31)16-23(27)24(14-19-5-3-2-4-6-19)28(32)20-9-11-33-12-10-20;2-1-3/h7-8,13,15-17,19-20,30H,2-6,9-12,14,31H2,1H3;1H,(H,2,3). The number of carboxylic acid groups (broad SMARTS) is 1. The number of benzene rings is 2. The quantitative estimate of drug-likeness (QED) is 0.218. The van der Waals surface area contributed by atoms with Crippen LogP contribution in [-0.2, 0) is 16.0 Å². The summed E-state index contributed by atoms with van der Waals surface area (Å²) in [5.74, 6) is 0.893. The van der Waals surface area contributed by atoms with Gasteiger partial charge >= 0.3 is 0 Å². The van der Waals surface area contributed by atoms with E-state index in [1.165, 1.54) is 55.0 Å². The van der Waals surface area contributed by atoms with Gasteiger partial charge in [-0.1, -0.05) is 32.1 Å². The highest BCUT2D eigenvalue weighted by molar-refractivity contribution is 5.97. The molecule has 0 spiro atoms. The number of carbonyl (C=O) groups is 1. The molecular formula is C29H36FN3O3. The van der Waals surface area contributed by atoms with Crippen LogP contribution in [0.5, 0.6) is 0 Å². The molecule has 1 aliphatic carbocycles. The molecule has 5 rings (SSSR count). The lowest BCUT2D eigenvalue weighted by atomic mass is 9.82. The van der Waals surface area contributed by atoms with Crippen LogP contribution >= 0.6 is 0 Å². The number of fused-ring (bicyclic) bond motifs is 1. The molecule has 2 fully saturated rings. The van der Waals surface area contributed by atoms with Crippen LogP contribution < -0.4 is 5.73 Å². The monoisotopic (exact) mass is 493 g/mol. The van der Waals surface area contributed by atoms with E-state index in [4.69, 9.17) is 25.8 Å². The van der Waals surface area contributed by atoms with Gasteiger partial charge in [-0.2, -0.15) is 0 Å². The number of rotatable bonds is 5. The van der Waals surface area contributed by atoms with Crippen LogP contribution in [0.4, 0.5) is 10.1 Å². The minimum atomic E-state index is -0.250. The maximum atomic E-state index is 14.2. The first kappa shape index (κ1) is 25.9. The first-order valence-electron chi connectivity index (χ1n) is 12.9. The molecule has 0 amide bonds. The minimum Gasteiger partial charge on any atom is -0.483 e. The van der Waals surface area contributed by atoms with Crippen LogP contribution in [0.15, 0.2) is 30.3 Å². The zero-order valence-electron chi connectivity index (χ0n) is 20.9. The Balaban J connectivity index is 0.000000967. The Morgan fingerprint density at radius 3 is 2.47 bits per heavy atom. The number of hydrogen-bond donors (Lipinski definition) is 3. The predicted octanol–water partition coefficient (Wildman–Crippen LogP) is 6.38. The molecule has 4 N–H and O–H groups in total. The van der Waals surface area contributed by atoms with E-state index in [1.54, 1.807) is 6.07 Å². The summed E-state index contributed by atoms with van der Waals surface area (Å²) >= 11 is 0. The molecule has 0 unspecified atom stereocenters. The number of aryl methyl sites for hydroxylation is 1. The second-order valence-electron chi connectivity index (χ2n) is 9.98. The smallest absolute Gasteiger partial charge is 0.290 e. The van der Waals surface area contributed by atoms with Gasteiger partial charge in [0.15, 0.2) is 0 Å². The lowest BCUT2D eigenvalue weighted by Crippen LogP contribution is -2.19. The van der Waals surface area contributed by atoms with Crippen LogP contribution in [0.3, 0.4) is 0 Å². The molecule has 2 aromatic carbocycles. The van der Waals surface area contributed by atoms with Gasteiger partial charge in [-0.15, -0.1) is 0 Å². The van der Waals surface area contributed by atoms with Crippen LogP contribution in [0.25, 0.3) is 16.6 Å². The fourth-order valence-corrected chi connectivity index (χ4v) is 5.92. The number of anilines is 1. The first-order chi connectivity index (χ1) is 17.5. The van der Waals surface area contributed by atoms with E-state index in [0.29, 0.717) is 23.1 Å². The third-order valence-corrected chi connectivity index (χ3v) is 7.70. The summed E-state index contributed by atoms with van der Waals surface area (Å²) in [6.07, 6.45) is 10.9. The number of ether oxygens (including phenoxy) is 1. The summed E-state index contributed by atoms with van der Waals surface area (Å²) in [5.41, 5.74) is 13.2. The second kappa shape index (κ2) is 11.7. The van der Waals surface area contributed by atoms with Crippen molar-refractivity contribution in [3.8, 4) is 5.69 Å². The highest BCUT2D eigenvalue weighted by Gasteiger charge is 2.29. The molecule has 1 aromatic heterocycles. The van der Waals surface area contributed by atoms with Gasteiger partial charge in [0, 0.05) is 53.4 Å². The van der Waals surface area contributed by atoms with Crippen molar-refractivity contribution in [2.24, 2.45) is 5.92 Å². The van der Waals surface area contributed by atoms with Gasteiger partial charge in [0.1, 0.15) is 5.82 Å². The fourth-order valence-electron chi connectivity index (χ4n) is 5.92. The maximum Gasteiger partial charge on any atom is 0.290 e. The molecule has 0 atom stereocenters. The topological polar surface area (TPSA) is 101 Å². The lowest BCUT2D eigenvalue weighted by Gasteiger charge is -2.27. The minimum absolute atomic E-state index is 0.185. The molecule has 1 saturated heterocycles. The number of nitrogen functional groups attached to an aromatic ring is 1. The SMILES string of the molecule is Cc1cc(-n2c(C3CCOCC3)c(CC3CCCCC3)c3cc(N)c(C=N)cc32)ccc1F.O=CO. The molecule has 3 aromatic rings. The highest BCUT2D eigenvalue weighted by atomic mass is 19.1. The lowest BCUT2D eigenvalue weighted by molar-refractivity contribution is -0.122. The van der Waals surface area contributed by atoms with E-state index in [1.807, 2.05) is 25.1 Å². The maximum absolute atomic E-state index is 14.2. The van der Waals surface area contributed by atoms with Gasteiger partial charge in [-0.25, -0.2) is 4.39 Å². The van der Waals surface area contributed by atoms with E-state index in [2.05, 4.69) is 10.6 Å². The van der Waals surface area contributed by atoms with Gasteiger partial charge < -0.3 is 25.6 Å². The van der Waals surface area contributed by atoms with Gasteiger partial charge in [-0.3, -0.25) is 4.79 Å². The van der Waals surface area contributed by atoms with Crippen molar-refractivity contribution < 1.29 is 19.0 Å². The summed E-state index contributed by atoms with van der Waals surface area (Å²) in [7, 11) is 0. The zero-order chi connectivity index (χ0) is 25.7. The van der Waals surface area contributed by atoms with E-state index in [0.717, 1.165) is 49.2 Å². The number of hydrogen-bond acceptors (Lipinski definition) is 4. The van der Waals surface area contributed by atoms with E-state index >= 15 is 0 Å². The molecule has 0 bridgehead atoms. The van der Waals surface area contributed by atoms with Gasteiger partial charge in [-0.05, 0) is 73.6 Å². The molecule has 0 radical (unpaired) electrons. The van der Waals surface area contributed by atoms with Crippen molar-refractivity contribution in [2.45, 2.75) is 64.2 Å². The normalized spacial score (nSPS) is 16.9. The van der Waals surface area contributed by atoms with Crippen LogP contribution in [0.2, 0.25) is 0 Å². The van der Waals surface area contributed by atoms with Gasteiger partial charge in [0.25, 0.3) is 6.47 Å². The number of nitrogens with one attached hydrogen (secondary N) is 1. The number of halogens is 1. The molecule has 1 saturated carbocycles. The zero-order valence-corrected chi connectivity index (χ0v) is 20.9. The molecule has 2 heterocycles. The Kier molecular flexibility index (Phi) is 8.41. The molecule has 192 valence electrons. The van der Waals surface area contributed by atoms with E-state index < -0.39 is 0 Å². The number of nitrogens with zero attached hydrogens (tertiary/aromatic N) is 1. The first-order valence-corrected chi connectivity index (χ1v) is 12.9. The largest absolute Gasteiger partial charge is 0.483 e. The second-order valence-corrected chi connectivity index (χ2v) is 9.98. The number of nitrogens with two attached hydrogens (primary N) is 1. The van der Waals surface area contributed by atoms with Gasteiger partial charge in [0.2, 0.25) is 0 Å². The Hall–Kier alpha value is -3.19. The average molecular weight is 494 g/mol. The number of aromatic nitrogens is 1. The van der Waals surface area contributed by atoms with Crippen LogP contribution in [0, 0.1) is 24.1 Å². The Labute approximate surface area is 211 Å². The Bertz CT molecular complexity index is 1220. The van der Waals surface area contributed by atoms with Crippen LogP contribution in [-0.4, -0.2) is 35.6 Å². The summed E-state index contributed by atoms with van der Waals surface area (Å²) in [6.45, 7) is 3.11. The average Bonchev–Trinajstić information content (AvgIpc) is 3.19. The Morgan fingerprint density at radius 2 is 1.83 bits per heavy atom. The van der Waals surface area contributed by atoms with Crippen LogP contribution in [0.1, 0.15) is 73.2 Å². The summed E-state index contributed by atoms with van der Waals surface area (Å²) in [5, 5.41) is 16.0. The fraction of sp³-hybridized carbons (Fsp3) is 0.448. The van der Waals surface area contributed by atoms with Crippen molar-refractivity contribution in [3.05, 3.63) is 58.5 Å². The molecule has 1 aliphatic heterocycles. The van der Waals surface area contributed by atoms with Crippen molar-refractivity contribution in [1.29, 1.82) is 5.41 Å². The molecule has 7 heteroatoms. The summed E-state index contributed by atoms with van der Waals surface area (Å²) in [4.78, 5) is 8.36. The molecule has 6 nitrogen and oxygen atoms in total. The molecular weight excluding hydrogens is 457 g/mol. The van der Waals surface area contributed by atoms with Crippen molar-refractivity contribution in [1.82, 2.24) is 4.57 Å².